The number of hydrogen-bond donors (Lipinski definition) is 0. The van der Waals surface area contributed by atoms with Gasteiger partial charge in [-0.25, -0.2) is 4.98 Å². The van der Waals surface area contributed by atoms with Gasteiger partial charge in [-0.3, -0.25) is 0 Å². The van der Waals surface area contributed by atoms with E-state index in [1.54, 1.807) is 0 Å². The Morgan fingerprint density at radius 1 is 1.10 bits per heavy atom. The molecule has 20 heavy (non-hydrogen) atoms. The molecule has 0 aliphatic carbocycles. The molecule has 0 unspecified atom stereocenters. The molecule has 0 radical (unpaired) electrons. The van der Waals surface area contributed by atoms with E-state index in [2.05, 4.69) is 11.9 Å². The molecule has 102 valence electrons. The van der Waals surface area contributed by atoms with Crippen molar-refractivity contribution in [3.8, 4) is 5.75 Å². The number of pyridine rings is 1. The van der Waals surface area contributed by atoms with Gasteiger partial charge >= 0.3 is 0 Å². The molecule has 0 amide bonds. The lowest BCUT2D eigenvalue weighted by atomic mass is 10.2. The molecule has 0 spiro atoms. The highest BCUT2D eigenvalue weighted by Gasteiger charge is 2.05. The molecule has 1 aromatic carbocycles. The first-order valence-corrected chi connectivity index (χ1v) is 6.83. The smallest absolute Gasteiger partial charge is 0.138 e. The predicted octanol–water partition coefficient (Wildman–Crippen LogP) is 4.18. The van der Waals surface area contributed by atoms with Crippen LogP contribution < -0.4 is 4.74 Å². The van der Waals surface area contributed by atoms with Gasteiger partial charge < -0.3 is 9.14 Å². The van der Waals surface area contributed by atoms with Crippen LogP contribution in [0.5, 0.6) is 5.75 Å². The zero-order valence-electron chi connectivity index (χ0n) is 11.4. The van der Waals surface area contributed by atoms with E-state index >= 15 is 0 Å². The van der Waals surface area contributed by atoms with Crippen molar-refractivity contribution in [3.05, 3.63) is 64.6 Å². The van der Waals surface area contributed by atoms with E-state index in [-0.39, 0.29) is 0 Å². The molecule has 0 aliphatic rings. The minimum Gasteiger partial charge on any atom is -0.486 e. The normalized spacial score (nSPS) is 10.9. The van der Waals surface area contributed by atoms with E-state index in [4.69, 9.17) is 16.3 Å². The Bertz CT molecular complexity index is 764. The van der Waals surface area contributed by atoms with Crippen LogP contribution in [0.15, 0.2) is 42.7 Å². The first-order chi connectivity index (χ1) is 9.61. The Kier molecular flexibility index (Phi) is 3.36. The second-order valence-corrected chi connectivity index (χ2v) is 5.33. The van der Waals surface area contributed by atoms with Crippen LogP contribution in [0.2, 0.25) is 5.02 Å². The first kappa shape index (κ1) is 13.0. The van der Waals surface area contributed by atoms with Gasteiger partial charge in [0.15, 0.2) is 0 Å². The first-order valence-electron chi connectivity index (χ1n) is 6.45. The number of imidazole rings is 1. The Hall–Kier alpha value is -2.00. The van der Waals surface area contributed by atoms with Gasteiger partial charge in [0.25, 0.3) is 0 Å². The summed E-state index contributed by atoms with van der Waals surface area (Å²) in [4.78, 5) is 4.52. The number of halogens is 1. The fourth-order valence-electron chi connectivity index (χ4n) is 2.10. The number of ether oxygens (including phenoxy) is 1. The lowest BCUT2D eigenvalue weighted by Gasteiger charge is -2.07. The van der Waals surface area contributed by atoms with Gasteiger partial charge in [-0.15, -0.1) is 0 Å². The highest BCUT2D eigenvalue weighted by atomic mass is 35.5. The van der Waals surface area contributed by atoms with Crippen molar-refractivity contribution in [3.63, 3.8) is 0 Å². The van der Waals surface area contributed by atoms with Crippen LogP contribution in [0.1, 0.15) is 16.8 Å². The number of hydrogen-bond acceptors (Lipinski definition) is 2. The van der Waals surface area contributed by atoms with Crippen LogP contribution in [-0.4, -0.2) is 9.38 Å². The molecule has 3 rings (SSSR count). The van der Waals surface area contributed by atoms with E-state index in [0.29, 0.717) is 17.4 Å². The molecular formula is C16H15ClN2O. The minimum absolute atomic E-state index is 0.407. The van der Waals surface area contributed by atoms with Crippen LogP contribution in [0.4, 0.5) is 0 Å². The molecular weight excluding hydrogens is 272 g/mol. The Balaban J connectivity index is 1.81. The van der Waals surface area contributed by atoms with Crippen LogP contribution in [0, 0.1) is 13.8 Å². The fourth-order valence-corrected chi connectivity index (χ4v) is 2.27. The standard InChI is InChI=1S/C16H15ClN2O/c1-11-3-5-14(17)15(7-11)20-10-13-9-19-8-12(2)4-6-16(19)18-13/h3-9H,10H2,1-2H3. The molecule has 2 heterocycles. The molecule has 0 saturated heterocycles. The zero-order valence-corrected chi connectivity index (χ0v) is 12.2. The maximum absolute atomic E-state index is 6.11. The average molecular weight is 287 g/mol. The molecule has 0 fully saturated rings. The van der Waals surface area contributed by atoms with E-state index in [9.17, 15) is 0 Å². The highest BCUT2D eigenvalue weighted by molar-refractivity contribution is 6.32. The highest BCUT2D eigenvalue weighted by Crippen LogP contribution is 2.26. The van der Waals surface area contributed by atoms with Crippen molar-refractivity contribution in [2.75, 3.05) is 0 Å². The summed E-state index contributed by atoms with van der Waals surface area (Å²) in [7, 11) is 0. The van der Waals surface area contributed by atoms with Crippen molar-refractivity contribution in [2.45, 2.75) is 20.5 Å². The van der Waals surface area contributed by atoms with E-state index < -0.39 is 0 Å². The van der Waals surface area contributed by atoms with Crippen molar-refractivity contribution in [1.29, 1.82) is 0 Å². The van der Waals surface area contributed by atoms with Gasteiger partial charge in [0.05, 0.1) is 10.7 Å². The largest absolute Gasteiger partial charge is 0.486 e. The number of aromatic nitrogens is 2. The van der Waals surface area contributed by atoms with Crippen LogP contribution in [0.25, 0.3) is 5.65 Å². The monoisotopic (exact) mass is 286 g/mol. The summed E-state index contributed by atoms with van der Waals surface area (Å²) in [5, 5.41) is 0.621. The van der Waals surface area contributed by atoms with Gasteiger partial charge in [0.2, 0.25) is 0 Å². The quantitative estimate of drug-likeness (QED) is 0.722. The molecule has 4 heteroatoms. The number of rotatable bonds is 3. The number of fused-ring (bicyclic) bond motifs is 1. The molecule has 0 saturated carbocycles. The van der Waals surface area contributed by atoms with E-state index in [0.717, 1.165) is 16.9 Å². The molecule has 0 aliphatic heterocycles. The topological polar surface area (TPSA) is 26.5 Å². The molecule has 3 aromatic rings. The lowest BCUT2D eigenvalue weighted by molar-refractivity contribution is 0.302. The SMILES string of the molecule is Cc1ccc(Cl)c(OCc2cn3cc(C)ccc3n2)c1. The van der Waals surface area contributed by atoms with Crippen molar-refractivity contribution < 1.29 is 4.74 Å². The molecule has 0 bridgehead atoms. The van der Waals surface area contributed by atoms with Crippen molar-refractivity contribution >= 4 is 17.2 Å². The lowest BCUT2D eigenvalue weighted by Crippen LogP contribution is -1.96. The summed E-state index contributed by atoms with van der Waals surface area (Å²) in [6.45, 7) is 4.48. The third-order valence-corrected chi connectivity index (χ3v) is 3.42. The van der Waals surface area contributed by atoms with E-state index in [1.807, 2.05) is 54.0 Å². The van der Waals surface area contributed by atoms with Crippen LogP contribution in [-0.2, 0) is 6.61 Å². The van der Waals surface area contributed by atoms with Gasteiger partial charge in [-0.1, -0.05) is 23.7 Å². The number of aryl methyl sites for hydroxylation is 2. The number of benzene rings is 1. The summed E-state index contributed by atoms with van der Waals surface area (Å²) < 4.78 is 7.76. The molecule has 3 nitrogen and oxygen atoms in total. The Morgan fingerprint density at radius 2 is 1.90 bits per heavy atom. The summed E-state index contributed by atoms with van der Waals surface area (Å²) in [6, 6.07) is 9.79. The van der Waals surface area contributed by atoms with Gasteiger partial charge in [-0.2, -0.15) is 0 Å². The van der Waals surface area contributed by atoms with Gasteiger partial charge in [0.1, 0.15) is 18.0 Å². The predicted molar refractivity (Wildman–Crippen MR) is 80.5 cm³/mol. The van der Waals surface area contributed by atoms with Crippen LogP contribution in [0.3, 0.4) is 0 Å². The van der Waals surface area contributed by atoms with Crippen molar-refractivity contribution in [2.24, 2.45) is 0 Å². The summed E-state index contributed by atoms with van der Waals surface area (Å²) in [5.74, 6) is 0.694. The van der Waals surface area contributed by atoms with Crippen molar-refractivity contribution in [1.82, 2.24) is 9.38 Å². The maximum atomic E-state index is 6.11. The van der Waals surface area contributed by atoms with E-state index in [1.165, 1.54) is 5.56 Å². The second kappa shape index (κ2) is 5.17. The van der Waals surface area contributed by atoms with Gasteiger partial charge in [0, 0.05) is 12.4 Å². The summed E-state index contributed by atoms with van der Waals surface area (Å²) in [5.41, 5.74) is 4.12. The Labute approximate surface area is 122 Å². The van der Waals surface area contributed by atoms with Crippen LogP contribution >= 0.6 is 11.6 Å². The second-order valence-electron chi connectivity index (χ2n) is 4.93. The summed E-state index contributed by atoms with van der Waals surface area (Å²) >= 11 is 6.11. The molecule has 2 aromatic heterocycles. The third kappa shape index (κ3) is 2.63. The fraction of sp³-hybridized carbons (Fsp3) is 0.188. The average Bonchev–Trinajstić information content (AvgIpc) is 2.81. The zero-order chi connectivity index (χ0) is 14.1. The minimum atomic E-state index is 0.407. The maximum Gasteiger partial charge on any atom is 0.138 e. The molecule has 0 N–H and O–H groups in total. The Morgan fingerprint density at radius 3 is 2.75 bits per heavy atom. The third-order valence-electron chi connectivity index (χ3n) is 3.11. The number of nitrogens with zero attached hydrogens (tertiary/aromatic N) is 2. The van der Waals surface area contributed by atoms with Gasteiger partial charge in [-0.05, 0) is 43.2 Å². The summed E-state index contributed by atoms with van der Waals surface area (Å²) in [6.07, 6.45) is 4.03. The molecule has 0 atom stereocenters.